The molecule has 39 heavy (non-hydrogen) atoms. The first-order valence-corrected chi connectivity index (χ1v) is 13.2. The Morgan fingerprint density at radius 1 is 0.897 bits per heavy atom. The van der Waals surface area contributed by atoms with Crippen molar-refractivity contribution in [2.45, 2.75) is 32.7 Å². The van der Waals surface area contributed by atoms with Crippen LogP contribution in [-0.4, -0.2) is 48.5 Å². The van der Waals surface area contributed by atoms with Crippen molar-refractivity contribution in [3.63, 3.8) is 0 Å². The van der Waals surface area contributed by atoms with Crippen LogP contribution in [0.4, 0.5) is 0 Å². The summed E-state index contributed by atoms with van der Waals surface area (Å²) in [5.41, 5.74) is 3.77. The number of benzene rings is 1. The van der Waals surface area contributed by atoms with Gasteiger partial charge in [0.2, 0.25) is 11.8 Å². The van der Waals surface area contributed by atoms with Crippen LogP contribution >= 0.6 is 0 Å². The van der Waals surface area contributed by atoms with E-state index in [0.29, 0.717) is 22.7 Å². The molecule has 0 atom stereocenters. The first kappa shape index (κ1) is 27.5. The molecule has 0 spiro atoms. The molecule has 0 saturated carbocycles. The molecule has 206 valence electrons. The van der Waals surface area contributed by atoms with Crippen molar-refractivity contribution in [1.82, 2.24) is 24.7 Å². The standard InChI is InChI=1S/C27H27N5O6S.2H2/c1-15-12-16(2)23(17(3)13-15)38-26-19(24(33)32-39(34,35)22-9-7-8-18(4)29-22)10-11-21(30-26)20-14-28-27(37-6)31-25(20)36-5;;/h7-14H,1-6H3,(H,32,33);2*1H. The number of amides is 1. The average Bonchev–Trinajstić information content (AvgIpc) is 2.90. The molecule has 1 amide bonds. The Kier molecular flexibility index (Phi) is 7.77. The number of ether oxygens (including phenoxy) is 3. The SMILES string of the molecule is COc1ncc(-c2ccc(C(=O)NS(=O)(=O)c3cccc(C)n3)c(Oc3c(C)cc(C)cc3C)n2)c(OC)n1.[HH].[HH]. The number of sulfonamides is 1. The van der Waals surface area contributed by atoms with Gasteiger partial charge in [0.15, 0.2) is 5.03 Å². The van der Waals surface area contributed by atoms with Crippen LogP contribution < -0.4 is 18.9 Å². The summed E-state index contributed by atoms with van der Waals surface area (Å²) in [6.45, 7) is 7.35. The van der Waals surface area contributed by atoms with E-state index in [0.717, 1.165) is 16.7 Å². The Labute approximate surface area is 229 Å². The third kappa shape index (κ3) is 5.96. The summed E-state index contributed by atoms with van der Waals surface area (Å²) in [7, 11) is -1.40. The van der Waals surface area contributed by atoms with Crippen molar-refractivity contribution < 1.29 is 30.3 Å². The predicted molar refractivity (Wildman–Crippen MR) is 147 cm³/mol. The van der Waals surface area contributed by atoms with Gasteiger partial charge < -0.3 is 14.2 Å². The third-order valence-electron chi connectivity index (χ3n) is 5.66. The second-order valence-corrected chi connectivity index (χ2v) is 10.3. The fraction of sp³-hybridized carbons (Fsp3) is 0.222. The molecule has 0 saturated heterocycles. The van der Waals surface area contributed by atoms with Gasteiger partial charge in [-0.1, -0.05) is 23.8 Å². The van der Waals surface area contributed by atoms with Crippen molar-refractivity contribution in [2.24, 2.45) is 0 Å². The second kappa shape index (κ2) is 11.0. The van der Waals surface area contributed by atoms with Crippen LogP contribution in [-0.2, 0) is 10.0 Å². The Balaban J connectivity index is 0.00000294. The zero-order valence-electron chi connectivity index (χ0n) is 22.3. The maximum absolute atomic E-state index is 13.3. The van der Waals surface area contributed by atoms with E-state index in [1.165, 1.54) is 38.6 Å². The van der Waals surface area contributed by atoms with Crippen molar-refractivity contribution >= 4 is 15.9 Å². The number of pyridine rings is 2. The maximum Gasteiger partial charge on any atom is 0.319 e. The molecule has 12 heteroatoms. The Morgan fingerprint density at radius 3 is 2.26 bits per heavy atom. The van der Waals surface area contributed by atoms with E-state index in [9.17, 15) is 13.2 Å². The lowest BCUT2D eigenvalue weighted by Gasteiger charge is -2.16. The lowest BCUT2D eigenvalue weighted by molar-refractivity contribution is 0.0978. The summed E-state index contributed by atoms with van der Waals surface area (Å²) in [5.74, 6) is -0.383. The molecule has 0 fully saturated rings. The van der Waals surface area contributed by atoms with Gasteiger partial charge in [-0.25, -0.2) is 19.7 Å². The van der Waals surface area contributed by atoms with Crippen molar-refractivity contribution in [3.8, 4) is 34.8 Å². The molecule has 3 aromatic heterocycles. The molecule has 1 N–H and O–H groups in total. The molecule has 0 bridgehead atoms. The molecule has 4 rings (SSSR count). The number of carbonyl (C=O) groups is 1. The van der Waals surface area contributed by atoms with Crippen LogP contribution in [0.3, 0.4) is 0 Å². The highest BCUT2D eigenvalue weighted by Gasteiger charge is 2.25. The lowest BCUT2D eigenvalue weighted by atomic mass is 10.1. The highest BCUT2D eigenvalue weighted by Crippen LogP contribution is 2.34. The summed E-state index contributed by atoms with van der Waals surface area (Å²) in [6, 6.07) is 11.4. The summed E-state index contributed by atoms with van der Waals surface area (Å²) < 4.78 is 44.5. The number of aryl methyl sites for hydroxylation is 4. The van der Waals surface area contributed by atoms with Crippen molar-refractivity contribution in [2.75, 3.05) is 14.2 Å². The van der Waals surface area contributed by atoms with E-state index < -0.39 is 15.9 Å². The Morgan fingerprint density at radius 2 is 1.62 bits per heavy atom. The van der Waals surface area contributed by atoms with Gasteiger partial charge in [-0.05, 0) is 63.1 Å². The number of rotatable bonds is 8. The largest absolute Gasteiger partial charge is 0.480 e. The number of methoxy groups -OCH3 is 2. The molecular weight excluding hydrogens is 522 g/mol. The molecule has 0 radical (unpaired) electrons. The van der Waals surface area contributed by atoms with E-state index in [1.54, 1.807) is 19.1 Å². The first-order chi connectivity index (χ1) is 18.5. The van der Waals surface area contributed by atoms with Gasteiger partial charge >= 0.3 is 6.01 Å². The van der Waals surface area contributed by atoms with E-state index in [1.807, 2.05) is 32.9 Å². The van der Waals surface area contributed by atoms with Crippen molar-refractivity contribution in [1.29, 1.82) is 0 Å². The maximum atomic E-state index is 13.3. The summed E-state index contributed by atoms with van der Waals surface area (Å²) >= 11 is 0. The highest BCUT2D eigenvalue weighted by molar-refractivity contribution is 7.90. The third-order valence-corrected chi connectivity index (χ3v) is 6.89. The van der Waals surface area contributed by atoms with Crippen LogP contribution in [0, 0.1) is 27.7 Å². The zero-order valence-corrected chi connectivity index (χ0v) is 23.1. The molecule has 0 aliphatic heterocycles. The van der Waals surface area contributed by atoms with Gasteiger partial charge in [0, 0.05) is 14.7 Å². The minimum Gasteiger partial charge on any atom is -0.480 e. The smallest absolute Gasteiger partial charge is 0.319 e. The minimum atomic E-state index is -4.27. The lowest BCUT2D eigenvalue weighted by Crippen LogP contribution is -2.31. The van der Waals surface area contributed by atoms with Gasteiger partial charge in [0.25, 0.3) is 15.9 Å². The molecule has 0 aliphatic rings. The molecule has 3 heterocycles. The average molecular weight is 554 g/mol. The van der Waals surface area contributed by atoms with Gasteiger partial charge in [0.05, 0.1) is 25.5 Å². The minimum absolute atomic E-state index is 0. The number of carbonyl (C=O) groups excluding carboxylic acids is 1. The van der Waals surface area contributed by atoms with Crippen LogP contribution in [0.2, 0.25) is 0 Å². The normalized spacial score (nSPS) is 11.1. The number of nitrogens with one attached hydrogen (secondary N) is 1. The van der Waals surface area contributed by atoms with Gasteiger partial charge in [-0.2, -0.15) is 13.4 Å². The molecule has 0 aliphatic carbocycles. The monoisotopic (exact) mass is 553 g/mol. The van der Waals surface area contributed by atoms with Gasteiger partial charge in [0.1, 0.15) is 11.3 Å². The van der Waals surface area contributed by atoms with Crippen molar-refractivity contribution in [3.05, 3.63) is 76.6 Å². The predicted octanol–water partition coefficient (Wildman–Crippen LogP) is 4.59. The van der Waals surface area contributed by atoms with Gasteiger partial charge in [-0.15, -0.1) is 0 Å². The second-order valence-electron chi connectivity index (χ2n) is 8.71. The quantitative estimate of drug-likeness (QED) is 0.329. The fourth-order valence-corrected chi connectivity index (χ4v) is 4.92. The molecule has 11 nitrogen and oxygen atoms in total. The number of aromatic nitrogens is 4. The first-order valence-electron chi connectivity index (χ1n) is 11.8. The van der Waals surface area contributed by atoms with E-state index in [-0.39, 0.29) is 31.2 Å². The van der Waals surface area contributed by atoms with Crippen LogP contribution in [0.25, 0.3) is 11.3 Å². The topological polar surface area (TPSA) is 142 Å². The summed E-state index contributed by atoms with van der Waals surface area (Å²) in [5, 5.41) is -0.284. The van der Waals surface area contributed by atoms with Crippen LogP contribution in [0.1, 0.15) is 35.6 Å². The number of nitrogens with zero attached hydrogens (tertiary/aromatic N) is 4. The van der Waals surface area contributed by atoms with E-state index in [2.05, 4.69) is 24.7 Å². The summed E-state index contributed by atoms with van der Waals surface area (Å²) in [4.78, 5) is 30.2. The molecule has 0 unspecified atom stereocenters. The summed E-state index contributed by atoms with van der Waals surface area (Å²) in [6.07, 6.45) is 1.47. The molecule has 1 aromatic carbocycles. The van der Waals surface area contributed by atoms with E-state index >= 15 is 0 Å². The van der Waals surface area contributed by atoms with Crippen LogP contribution in [0.5, 0.6) is 23.5 Å². The zero-order chi connectivity index (χ0) is 28.3. The fourth-order valence-electron chi connectivity index (χ4n) is 3.94. The Bertz CT molecular complexity index is 1660. The number of hydrogen-bond donors (Lipinski definition) is 1. The van der Waals surface area contributed by atoms with Gasteiger partial charge in [-0.3, -0.25) is 4.79 Å². The van der Waals surface area contributed by atoms with Crippen LogP contribution in [0.15, 0.2) is 53.7 Å². The molecular formula is C27H31N5O6S. The number of hydrogen-bond acceptors (Lipinski definition) is 10. The Hall–Kier alpha value is -4.58. The molecule has 4 aromatic rings. The highest BCUT2D eigenvalue weighted by atomic mass is 32.2. The van der Waals surface area contributed by atoms with E-state index in [4.69, 9.17) is 14.2 Å².